The van der Waals surface area contributed by atoms with Gasteiger partial charge in [0.1, 0.15) is 11.5 Å². The number of hydrogen-bond acceptors (Lipinski definition) is 4. The van der Waals surface area contributed by atoms with Crippen molar-refractivity contribution in [3.8, 4) is 17.2 Å². The van der Waals surface area contributed by atoms with Crippen molar-refractivity contribution in [3.05, 3.63) is 87.8 Å². The first-order valence-corrected chi connectivity index (χ1v) is 7.32. The Morgan fingerprint density at radius 1 is 1.00 bits per heavy atom. The van der Waals surface area contributed by atoms with Crippen LogP contribution in [0.2, 0.25) is 0 Å². The van der Waals surface area contributed by atoms with Gasteiger partial charge in [0, 0.05) is 29.6 Å². The van der Waals surface area contributed by atoms with Crippen LogP contribution in [0.25, 0.3) is 5.69 Å². The normalized spacial score (nSPS) is 10.5. The second-order valence-corrected chi connectivity index (χ2v) is 5.50. The summed E-state index contributed by atoms with van der Waals surface area (Å²) in [6, 6.07) is 13.9. The molecule has 0 radical (unpaired) electrons. The van der Waals surface area contributed by atoms with Gasteiger partial charge in [0.2, 0.25) is 0 Å². The van der Waals surface area contributed by atoms with Crippen LogP contribution < -0.4 is 5.56 Å². The van der Waals surface area contributed by atoms with E-state index in [0.717, 1.165) is 11.6 Å². The summed E-state index contributed by atoms with van der Waals surface area (Å²) in [5.41, 5.74) is 1.71. The van der Waals surface area contributed by atoms with E-state index in [4.69, 9.17) is 0 Å². The van der Waals surface area contributed by atoms with E-state index in [1.54, 1.807) is 6.07 Å². The SMILES string of the molecule is Cc1cccc(-n2cc(C(=O)c3ccc(O)cc3O)ccc2=O)c1. The molecule has 0 amide bonds. The fourth-order valence-electron chi connectivity index (χ4n) is 2.47. The Kier molecular flexibility index (Phi) is 3.92. The molecule has 24 heavy (non-hydrogen) atoms. The van der Waals surface area contributed by atoms with Gasteiger partial charge in [0.15, 0.2) is 5.78 Å². The van der Waals surface area contributed by atoms with Crippen LogP contribution in [0.3, 0.4) is 0 Å². The fourth-order valence-corrected chi connectivity index (χ4v) is 2.47. The van der Waals surface area contributed by atoms with Crippen molar-refractivity contribution in [2.45, 2.75) is 6.92 Å². The zero-order valence-corrected chi connectivity index (χ0v) is 12.9. The van der Waals surface area contributed by atoms with Crippen molar-refractivity contribution in [3.63, 3.8) is 0 Å². The van der Waals surface area contributed by atoms with Gasteiger partial charge < -0.3 is 10.2 Å². The standard InChI is InChI=1S/C19H15NO4/c1-12-3-2-4-14(9-12)20-11-13(5-8-18(20)23)19(24)16-7-6-15(21)10-17(16)22/h2-11,21-22H,1H3. The summed E-state index contributed by atoms with van der Waals surface area (Å²) in [4.78, 5) is 24.7. The predicted molar refractivity (Wildman–Crippen MR) is 90.0 cm³/mol. The van der Waals surface area contributed by atoms with E-state index in [0.29, 0.717) is 5.69 Å². The highest BCUT2D eigenvalue weighted by atomic mass is 16.3. The average Bonchev–Trinajstić information content (AvgIpc) is 2.55. The third-order valence-corrected chi connectivity index (χ3v) is 3.68. The molecular weight excluding hydrogens is 306 g/mol. The van der Waals surface area contributed by atoms with Crippen molar-refractivity contribution in [2.24, 2.45) is 0 Å². The Hall–Kier alpha value is -3.34. The van der Waals surface area contributed by atoms with Crippen molar-refractivity contribution >= 4 is 5.78 Å². The number of aromatic nitrogens is 1. The van der Waals surface area contributed by atoms with Gasteiger partial charge in [-0.05, 0) is 42.8 Å². The van der Waals surface area contributed by atoms with E-state index in [9.17, 15) is 19.8 Å². The molecule has 0 aliphatic heterocycles. The largest absolute Gasteiger partial charge is 0.508 e. The molecule has 0 fully saturated rings. The highest BCUT2D eigenvalue weighted by Crippen LogP contribution is 2.25. The number of aromatic hydroxyl groups is 2. The lowest BCUT2D eigenvalue weighted by atomic mass is 10.0. The van der Waals surface area contributed by atoms with Crippen molar-refractivity contribution < 1.29 is 15.0 Å². The summed E-state index contributed by atoms with van der Waals surface area (Å²) in [7, 11) is 0. The molecule has 3 aromatic rings. The molecule has 5 heteroatoms. The smallest absolute Gasteiger partial charge is 0.255 e. The molecule has 0 bridgehead atoms. The first kappa shape index (κ1) is 15.6. The summed E-state index contributed by atoms with van der Waals surface area (Å²) in [6.07, 6.45) is 1.45. The predicted octanol–water partition coefficient (Wildman–Crippen LogP) is 2.79. The molecule has 0 aliphatic carbocycles. The second kappa shape index (κ2) is 6.04. The van der Waals surface area contributed by atoms with E-state index in [-0.39, 0.29) is 28.2 Å². The maximum absolute atomic E-state index is 12.6. The number of hydrogen-bond donors (Lipinski definition) is 2. The van der Waals surface area contributed by atoms with Gasteiger partial charge in [0.05, 0.1) is 5.56 Å². The molecule has 2 N–H and O–H groups in total. The molecular formula is C19H15NO4. The third-order valence-electron chi connectivity index (χ3n) is 3.68. The van der Waals surface area contributed by atoms with Crippen molar-refractivity contribution in [1.82, 2.24) is 4.57 Å². The second-order valence-electron chi connectivity index (χ2n) is 5.50. The Morgan fingerprint density at radius 3 is 2.50 bits per heavy atom. The van der Waals surface area contributed by atoms with Gasteiger partial charge in [-0.3, -0.25) is 14.2 Å². The van der Waals surface area contributed by atoms with Crippen molar-refractivity contribution in [1.29, 1.82) is 0 Å². The summed E-state index contributed by atoms with van der Waals surface area (Å²) in [5.74, 6) is -0.879. The molecule has 5 nitrogen and oxygen atoms in total. The van der Waals surface area contributed by atoms with E-state index in [2.05, 4.69) is 0 Å². The number of aryl methyl sites for hydroxylation is 1. The van der Waals surface area contributed by atoms with Crippen LogP contribution in [-0.4, -0.2) is 20.6 Å². The first-order chi connectivity index (χ1) is 11.5. The van der Waals surface area contributed by atoms with Crippen LogP contribution in [0.4, 0.5) is 0 Å². The monoisotopic (exact) mass is 321 g/mol. The van der Waals surface area contributed by atoms with Crippen LogP contribution in [0.15, 0.2) is 65.6 Å². The van der Waals surface area contributed by atoms with Crippen LogP contribution >= 0.6 is 0 Å². The molecule has 1 heterocycles. The van der Waals surface area contributed by atoms with E-state index in [1.807, 2.05) is 25.1 Å². The number of carbonyl (C=O) groups excluding carboxylic acids is 1. The summed E-state index contributed by atoms with van der Waals surface area (Å²) < 4.78 is 1.39. The lowest BCUT2D eigenvalue weighted by molar-refractivity contribution is 0.103. The Bertz CT molecular complexity index is 989. The van der Waals surface area contributed by atoms with E-state index >= 15 is 0 Å². The number of carbonyl (C=O) groups is 1. The minimum absolute atomic E-state index is 0.0576. The Labute approximate surface area is 138 Å². The zero-order chi connectivity index (χ0) is 17.3. The Morgan fingerprint density at radius 2 is 1.79 bits per heavy atom. The summed E-state index contributed by atoms with van der Waals surface area (Å²) >= 11 is 0. The highest BCUT2D eigenvalue weighted by Gasteiger charge is 2.15. The van der Waals surface area contributed by atoms with Crippen molar-refractivity contribution in [2.75, 3.05) is 0 Å². The number of pyridine rings is 1. The van der Waals surface area contributed by atoms with Gasteiger partial charge in [-0.25, -0.2) is 0 Å². The van der Waals surface area contributed by atoms with Crippen LogP contribution in [0.5, 0.6) is 11.5 Å². The minimum Gasteiger partial charge on any atom is -0.508 e. The molecule has 0 atom stereocenters. The van der Waals surface area contributed by atoms with Gasteiger partial charge in [-0.1, -0.05) is 12.1 Å². The molecule has 120 valence electrons. The molecule has 2 aromatic carbocycles. The highest BCUT2D eigenvalue weighted by molar-refractivity contribution is 6.10. The zero-order valence-electron chi connectivity index (χ0n) is 12.9. The number of nitrogens with zero attached hydrogens (tertiary/aromatic N) is 1. The van der Waals surface area contributed by atoms with Crippen LogP contribution in [0, 0.1) is 6.92 Å². The quantitative estimate of drug-likeness (QED) is 0.727. The van der Waals surface area contributed by atoms with Crippen LogP contribution in [0.1, 0.15) is 21.5 Å². The molecule has 3 rings (SSSR count). The maximum Gasteiger partial charge on any atom is 0.255 e. The summed E-state index contributed by atoms with van der Waals surface area (Å²) in [6.45, 7) is 1.91. The number of rotatable bonds is 3. The number of phenolic OH excluding ortho intramolecular Hbond substituents is 2. The van der Waals surface area contributed by atoms with Gasteiger partial charge in [-0.15, -0.1) is 0 Å². The van der Waals surface area contributed by atoms with E-state index < -0.39 is 5.78 Å². The molecule has 0 spiro atoms. The molecule has 0 unspecified atom stereocenters. The lowest BCUT2D eigenvalue weighted by Crippen LogP contribution is -2.18. The molecule has 0 saturated heterocycles. The summed E-state index contributed by atoms with van der Waals surface area (Å²) in [5, 5.41) is 19.2. The molecule has 1 aromatic heterocycles. The third kappa shape index (κ3) is 2.92. The number of benzene rings is 2. The Balaban J connectivity index is 2.08. The number of ketones is 1. The molecule has 0 saturated carbocycles. The lowest BCUT2D eigenvalue weighted by Gasteiger charge is -2.09. The van der Waals surface area contributed by atoms with Crippen LogP contribution in [-0.2, 0) is 0 Å². The van der Waals surface area contributed by atoms with E-state index in [1.165, 1.54) is 35.0 Å². The van der Waals surface area contributed by atoms with Gasteiger partial charge in [0.25, 0.3) is 5.56 Å². The van der Waals surface area contributed by atoms with Gasteiger partial charge in [-0.2, -0.15) is 0 Å². The topological polar surface area (TPSA) is 79.5 Å². The maximum atomic E-state index is 12.6. The first-order valence-electron chi connectivity index (χ1n) is 7.32. The fraction of sp³-hybridized carbons (Fsp3) is 0.0526. The minimum atomic E-state index is -0.436. The van der Waals surface area contributed by atoms with Gasteiger partial charge >= 0.3 is 0 Å². The number of phenols is 2. The molecule has 0 aliphatic rings. The average molecular weight is 321 g/mol.